The molecular formula is C25H38N8O2. The number of hydrogen-bond donors (Lipinski definition) is 2. The van der Waals surface area contributed by atoms with E-state index in [1.165, 1.54) is 0 Å². The van der Waals surface area contributed by atoms with E-state index in [-0.39, 0.29) is 12.0 Å². The number of amides is 1. The Balaban J connectivity index is 1.25. The maximum Gasteiger partial charge on any atom is 0.251 e. The van der Waals surface area contributed by atoms with Gasteiger partial charge in [0.2, 0.25) is 0 Å². The Labute approximate surface area is 207 Å². The second kappa shape index (κ2) is 10.9. The number of aromatic amines is 1. The standard InChI is InChI=1S/C25H38N8O2/c1-18-15-23(30-29-18)27-22-17-24(32-12-10-31(2)11-13-32)28-21(26-22)16-19-6-8-33(9-7-19)25(34)20-5-3-4-14-35-20/h15,17,19-20H,3-14,16H2,1-2H3,(H2,26,27,28,29,30)/t20-/m0/s1. The number of piperazine rings is 1. The Kier molecular flexibility index (Phi) is 7.48. The van der Waals surface area contributed by atoms with Gasteiger partial charge in [-0.15, -0.1) is 0 Å². The molecule has 0 saturated carbocycles. The number of aromatic nitrogens is 4. The Bertz CT molecular complexity index is 989. The maximum atomic E-state index is 12.8. The number of carbonyl (C=O) groups excluding carboxylic acids is 1. The zero-order chi connectivity index (χ0) is 24.2. The van der Waals surface area contributed by atoms with Gasteiger partial charge in [-0.1, -0.05) is 0 Å². The van der Waals surface area contributed by atoms with E-state index in [9.17, 15) is 4.79 Å². The third-order valence-corrected chi connectivity index (χ3v) is 7.40. The molecule has 190 valence electrons. The summed E-state index contributed by atoms with van der Waals surface area (Å²) in [6, 6.07) is 4.00. The normalized spacial score (nSPS) is 22.4. The number of likely N-dealkylation sites (tertiary alicyclic amines) is 1. The molecular weight excluding hydrogens is 444 g/mol. The molecule has 5 heterocycles. The van der Waals surface area contributed by atoms with Crippen molar-refractivity contribution in [1.29, 1.82) is 0 Å². The molecule has 2 N–H and O–H groups in total. The second-order valence-corrected chi connectivity index (χ2v) is 10.2. The molecule has 1 amide bonds. The molecule has 3 aliphatic heterocycles. The summed E-state index contributed by atoms with van der Waals surface area (Å²) in [5.74, 6) is 4.01. The van der Waals surface area contributed by atoms with Crippen molar-refractivity contribution in [2.24, 2.45) is 5.92 Å². The fraction of sp³-hybridized carbons (Fsp3) is 0.680. The van der Waals surface area contributed by atoms with Crippen molar-refractivity contribution in [1.82, 2.24) is 30.0 Å². The number of H-pyrrole nitrogens is 1. The van der Waals surface area contributed by atoms with Gasteiger partial charge in [0.1, 0.15) is 23.6 Å². The Morgan fingerprint density at radius 3 is 2.54 bits per heavy atom. The van der Waals surface area contributed by atoms with Gasteiger partial charge < -0.3 is 24.8 Å². The summed E-state index contributed by atoms with van der Waals surface area (Å²) < 4.78 is 5.72. The molecule has 10 heteroatoms. The highest BCUT2D eigenvalue weighted by molar-refractivity contribution is 5.81. The fourth-order valence-electron chi connectivity index (χ4n) is 5.20. The van der Waals surface area contributed by atoms with Crippen LogP contribution in [0.25, 0.3) is 0 Å². The quantitative estimate of drug-likeness (QED) is 0.647. The van der Waals surface area contributed by atoms with E-state index in [0.29, 0.717) is 12.5 Å². The lowest BCUT2D eigenvalue weighted by Gasteiger charge is -2.35. The molecule has 1 atom stereocenters. The molecule has 0 spiro atoms. The molecule has 3 aliphatic rings. The van der Waals surface area contributed by atoms with E-state index in [0.717, 1.165) is 107 Å². The van der Waals surface area contributed by atoms with Crippen molar-refractivity contribution in [2.45, 2.75) is 51.6 Å². The molecule has 35 heavy (non-hydrogen) atoms. The Hall–Kier alpha value is -2.72. The first-order valence-corrected chi connectivity index (χ1v) is 13.0. The van der Waals surface area contributed by atoms with Crippen LogP contribution in [0.15, 0.2) is 12.1 Å². The van der Waals surface area contributed by atoms with Crippen LogP contribution in [0.5, 0.6) is 0 Å². The van der Waals surface area contributed by atoms with Gasteiger partial charge in [-0.2, -0.15) is 5.10 Å². The number of nitrogens with zero attached hydrogens (tertiary/aromatic N) is 6. The molecule has 2 aromatic rings. The predicted octanol–water partition coefficient (Wildman–Crippen LogP) is 2.35. The molecule has 3 saturated heterocycles. The largest absolute Gasteiger partial charge is 0.368 e. The topological polar surface area (TPSA) is 103 Å². The number of piperidine rings is 1. The number of nitrogens with one attached hydrogen (secondary N) is 2. The second-order valence-electron chi connectivity index (χ2n) is 10.2. The number of rotatable bonds is 6. The Morgan fingerprint density at radius 1 is 1.06 bits per heavy atom. The summed E-state index contributed by atoms with van der Waals surface area (Å²) in [6.45, 7) is 8.24. The SMILES string of the molecule is Cc1cc(Nc2cc(N3CCN(C)CC3)nc(CC3CCN(C(=O)[C@@H]4CCCCO4)CC3)n2)n[nH]1. The smallest absolute Gasteiger partial charge is 0.251 e. The van der Waals surface area contributed by atoms with Crippen molar-refractivity contribution >= 4 is 23.4 Å². The number of likely N-dealkylation sites (N-methyl/N-ethyl adjacent to an activating group) is 1. The summed E-state index contributed by atoms with van der Waals surface area (Å²) in [5.41, 5.74) is 1.00. The summed E-state index contributed by atoms with van der Waals surface area (Å²) in [6.07, 6.45) is 5.54. The van der Waals surface area contributed by atoms with Crippen molar-refractivity contribution < 1.29 is 9.53 Å². The number of hydrogen-bond acceptors (Lipinski definition) is 8. The van der Waals surface area contributed by atoms with Crippen LogP contribution in [-0.4, -0.2) is 94.9 Å². The molecule has 0 radical (unpaired) electrons. The van der Waals surface area contributed by atoms with E-state index in [1.807, 2.05) is 24.0 Å². The van der Waals surface area contributed by atoms with Crippen LogP contribution < -0.4 is 10.2 Å². The minimum atomic E-state index is -0.233. The van der Waals surface area contributed by atoms with Crippen molar-refractivity contribution in [3.8, 4) is 0 Å². The lowest BCUT2D eigenvalue weighted by atomic mass is 9.92. The number of ether oxygens (including phenoxy) is 1. The van der Waals surface area contributed by atoms with Gasteiger partial charge >= 0.3 is 0 Å². The van der Waals surface area contributed by atoms with Gasteiger partial charge in [0.25, 0.3) is 5.91 Å². The first kappa shape index (κ1) is 24.0. The molecule has 10 nitrogen and oxygen atoms in total. The highest BCUT2D eigenvalue weighted by atomic mass is 16.5. The summed E-state index contributed by atoms with van der Waals surface area (Å²) in [4.78, 5) is 29.4. The van der Waals surface area contributed by atoms with Gasteiger partial charge in [0.15, 0.2) is 5.82 Å². The van der Waals surface area contributed by atoms with Crippen LogP contribution in [-0.2, 0) is 16.0 Å². The van der Waals surface area contributed by atoms with E-state index in [2.05, 4.69) is 32.4 Å². The van der Waals surface area contributed by atoms with Gasteiger partial charge in [-0.25, -0.2) is 9.97 Å². The monoisotopic (exact) mass is 482 g/mol. The maximum absolute atomic E-state index is 12.8. The molecule has 5 rings (SSSR count). The third kappa shape index (κ3) is 6.10. The van der Waals surface area contributed by atoms with Crippen molar-refractivity contribution in [3.05, 3.63) is 23.7 Å². The van der Waals surface area contributed by atoms with Gasteiger partial charge in [0.05, 0.1) is 0 Å². The van der Waals surface area contributed by atoms with Gasteiger partial charge in [-0.05, 0) is 52.0 Å². The summed E-state index contributed by atoms with van der Waals surface area (Å²) >= 11 is 0. The van der Waals surface area contributed by atoms with Crippen molar-refractivity contribution in [2.75, 3.05) is 63.1 Å². The van der Waals surface area contributed by atoms with E-state index >= 15 is 0 Å². The van der Waals surface area contributed by atoms with Crippen LogP contribution in [0.1, 0.15) is 43.6 Å². The summed E-state index contributed by atoms with van der Waals surface area (Å²) in [7, 11) is 2.16. The number of aryl methyl sites for hydroxylation is 1. The minimum Gasteiger partial charge on any atom is -0.368 e. The first-order valence-electron chi connectivity index (χ1n) is 13.0. The first-order chi connectivity index (χ1) is 17.0. The molecule has 0 aromatic carbocycles. The molecule has 3 fully saturated rings. The van der Waals surface area contributed by atoms with Crippen molar-refractivity contribution in [3.63, 3.8) is 0 Å². The highest BCUT2D eigenvalue weighted by Gasteiger charge is 2.30. The fourth-order valence-corrected chi connectivity index (χ4v) is 5.20. The average molecular weight is 483 g/mol. The van der Waals surface area contributed by atoms with Crippen LogP contribution in [0.4, 0.5) is 17.5 Å². The lowest BCUT2D eigenvalue weighted by Crippen LogP contribution is -2.46. The molecule has 0 unspecified atom stereocenters. The van der Waals surface area contributed by atoms with Gasteiger partial charge in [0, 0.05) is 70.1 Å². The zero-order valence-electron chi connectivity index (χ0n) is 21.0. The molecule has 0 bridgehead atoms. The lowest BCUT2D eigenvalue weighted by molar-refractivity contribution is -0.147. The van der Waals surface area contributed by atoms with E-state index in [4.69, 9.17) is 14.7 Å². The van der Waals surface area contributed by atoms with E-state index < -0.39 is 0 Å². The highest BCUT2D eigenvalue weighted by Crippen LogP contribution is 2.26. The number of carbonyl (C=O) groups is 1. The number of anilines is 3. The van der Waals surface area contributed by atoms with Crippen LogP contribution in [0, 0.1) is 12.8 Å². The van der Waals surface area contributed by atoms with Crippen LogP contribution >= 0.6 is 0 Å². The summed E-state index contributed by atoms with van der Waals surface area (Å²) in [5, 5.41) is 10.6. The van der Waals surface area contributed by atoms with E-state index in [1.54, 1.807) is 0 Å². The minimum absolute atomic E-state index is 0.178. The molecule has 0 aliphatic carbocycles. The van der Waals surface area contributed by atoms with Crippen LogP contribution in [0.3, 0.4) is 0 Å². The molecule has 2 aromatic heterocycles. The predicted molar refractivity (Wildman–Crippen MR) is 135 cm³/mol. The van der Waals surface area contributed by atoms with Gasteiger partial charge in [-0.3, -0.25) is 9.89 Å². The average Bonchev–Trinajstić information content (AvgIpc) is 3.29. The Morgan fingerprint density at radius 2 is 1.86 bits per heavy atom. The van der Waals surface area contributed by atoms with Crippen LogP contribution in [0.2, 0.25) is 0 Å². The zero-order valence-corrected chi connectivity index (χ0v) is 21.0. The third-order valence-electron chi connectivity index (χ3n) is 7.40.